The van der Waals surface area contributed by atoms with E-state index in [4.69, 9.17) is 4.74 Å². The van der Waals surface area contributed by atoms with Crippen LogP contribution in [0.1, 0.15) is 5.56 Å². The first kappa shape index (κ1) is 17.0. The fourth-order valence-electron chi connectivity index (χ4n) is 2.37. The molecule has 0 aromatic heterocycles. The maximum Gasteiger partial charge on any atom is 0.172 e. The normalized spacial score (nSPS) is 10.8. The number of hydrogen-bond donors (Lipinski definition) is 1. The fourth-order valence-corrected chi connectivity index (χ4v) is 2.83. The average Bonchev–Trinajstić information content (AvgIpc) is 2.66. The van der Waals surface area contributed by atoms with E-state index < -0.39 is 0 Å². The second-order valence-corrected chi connectivity index (χ2v) is 6.14. The highest BCUT2D eigenvalue weighted by Crippen LogP contribution is 2.35. The summed E-state index contributed by atoms with van der Waals surface area (Å²) in [6.07, 6.45) is 1.73. The molecule has 3 aromatic carbocycles. The second-order valence-electron chi connectivity index (χ2n) is 5.28. The number of phenols is 1. The molecule has 3 rings (SSSR count). The summed E-state index contributed by atoms with van der Waals surface area (Å²) >= 11 is 3.33. The van der Waals surface area contributed by atoms with Crippen LogP contribution in [0, 0.1) is 0 Å². The zero-order chi connectivity index (χ0) is 17.6. The number of nitrogens with zero attached hydrogens (tertiary/aromatic N) is 2. The molecule has 0 spiro atoms. The van der Waals surface area contributed by atoms with Crippen molar-refractivity contribution in [1.82, 2.24) is 0 Å². The van der Waals surface area contributed by atoms with Crippen molar-refractivity contribution in [3.8, 4) is 11.5 Å². The predicted octanol–water partition coefficient (Wildman–Crippen LogP) is 5.34. The van der Waals surface area contributed by atoms with Crippen LogP contribution in [0.25, 0.3) is 0 Å². The van der Waals surface area contributed by atoms with Crippen LogP contribution >= 0.6 is 15.9 Å². The summed E-state index contributed by atoms with van der Waals surface area (Å²) in [7, 11) is 1.52. The molecule has 5 heteroatoms. The smallest absolute Gasteiger partial charge is 0.172 e. The summed E-state index contributed by atoms with van der Waals surface area (Å²) in [6, 6.07) is 23.3. The Morgan fingerprint density at radius 1 is 0.960 bits per heavy atom. The van der Waals surface area contributed by atoms with Crippen molar-refractivity contribution in [1.29, 1.82) is 0 Å². The van der Waals surface area contributed by atoms with Crippen LogP contribution in [0.15, 0.2) is 82.4 Å². The van der Waals surface area contributed by atoms with Gasteiger partial charge in [-0.15, -0.1) is 0 Å². The van der Waals surface area contributed by atoms with Crippen molar-refractivity contribution in [2.24, 2.45) is 5.10 Å². The van der Waals surface area contributed by atoms with Crippen molar-refractivity contribution in [2.45, 2.75) is 0 Å². The summed E-state index contributed by atoms with van der Waals surface area (Å²) in [6.45, 7) is 0. The Kier molecular flexibility index (Phi) is 5.36. The van der Waals surface area contributed by atoms with Crippen molar-refractivity contribution in [2.75, 3.05) is 12.1 Å². The quantitative estimate of drug-likeness (QED) is 0.467. The number of benzene rings is 3. The standard InChI is InChI=1S/C20H17BrN2O2/c1-25-19-13-15(12-18(21)20(19)24)14-22-23(16-8-4-2-5-9-16)17-10-6-3-7-11-17/h2-14,24H,1H3/b22-14+. The number of hydrogen-bond acceptors (Lipinski definition) is 4. The number of rotatable bonds is 5. The Bertz CT molecular complexity index is 828. The SMILES string of the molecule is COc1cc(/C=N/N(c2ccccc2)c2ccccc2)cc(Br)c1O. The van der Waals surface area contributed by atoms with E-state index in [1.807, 2.05) is 65.7 Å². The summed E-state index contributed by atoms with van der Waals surface area (Å²) in [5, 5.41) is 16.4. The largest absolute Gasteiger partial charge is 0.503 e. The zero-order valence-corrected chi connectivity index (χ0v) is 15.2. The summed E-state index contributed by atoms with van der Waals surface area (Å²) in [5.41, 5.74) is 2.71. The molecule has 0 amide bonds. The molecule has 0 aliphatic carbocycles. The first-order valence-corrected chi connectivity index (χ1v) is 8.49. The molecule has 0 saturated carbocycles. The molecule has 0 atom stereocenters. The molecular formula is C20H17BrN2O2. The number of para-hydroxylation sites is 2. The molecule has 0 heterocycles. The van der Waals surface area contributed by atoms with Crippen LogP contribution < -0.4 is 9.75 Å². The lowest BCUT2D eigenvalue weighted by Gasteiger charge is -2.19. The molecule has 25 heavy (non-hydrogen) atoms. The molecule has 0 saturated heterocycles. The minimum absolute atomic E-state index is 0.0719. The monoisotopic (exact) mass is 396 g/mol. The third kappa shape index (κ3) is 4.00. The Morgan fingerprint density at radius 2 is 1.52 bits per heavy atom. The van der Waals surface area contributed by atoms with Gasteiger partial charge in [-0.05, 0) is 57.9 Å². The lowest BCUT2D eigenvalue weighted by molar-refractivity contribution is 0.372. The maximum absolute atomic E-state index is 9.93. The summed E-state index contributed by atoms with van der Waals surface area (Å²) in [5.74, 6) is 0.462. The van der Waals surface area contributed by atoms with Crippen LogP contribution in [-0.2, 0) is 0 Å². The molecule has 0 unspecified atom stereocenters. The lowest BCUT2D eigenvalue weighted by atomic mass is 10.2. The van der Waals surface area contributed by atoms with Gasteiger partial charge in [0.25, 0.3) is 0 Å². The number of hydrazone groups is 1. The third-order valence-corrected chi connectivity index (χ3v) is 4.20. The van der Waals surface area contributed by atoms with Gasteiger partial charge in [0.15, 0.2) is 11.5 Å². The van der Waals surface area contributed by atoms with Crippen LogP contribution in [0.4, 0.5) is 11.4 Å². The van der Waals surface area contributed by atoms with Gasteiger partial charge in [0, 0.05) is 0 Å². The van der Waals surface area contributed by atoms with Gasteiger partial charge in [-0.25, -0.2) is 5.01 Å². The van der Waals surface area contributed by atoms with Gasteiger partial charge in [-0.3, -0.25) is 0 Å². The van der Waals surface area contributed by atoms with E-state index in [9.17, 15) is 5.11 Å². The molecule has 1 N–H and O–H groups in total. The minimum atomic E-state index is 0.0719. The highest BCUT2D eigenvalue weighted by molar-refractivity contribution is 9.10. The third-order valence-electron chi connectivity index (χ3n) is 3.59. The van der Waals surface area contributed by atoms with Crippen molar-refractivity contribution >= 4 is 33.5 Å². The van der Waals surface area contributed by atoms with E-state index in [1.165, 1.54) is 7.11 Å². The fraction of sp³-hybridized carbons (Fsp3) is 0.0500. The van der Waals surface area contributed by atoms with E-state index in [-0.39, 0.29) is 5.75 Å². The van der Waals surface area contributed by atoms with Gasteiger partial charge in [0.05, 0.1) is 29.2 Å². The van der Waals surface area contributed by atoms with Crippen molar-refractivity contribution < 1.29 is 9.84 Å². The predicted molar refractivity (Wildman–Crippen MR) is 105 cm³/mol. The summed E-state index contributed by atoms with van der Waals surface area (Å²) in [4.78, 5) is 0. The van der Waals surface area contributed by atoms with Gasteiger partial charge in [-0.1, -0.05) is 36.4 Å². The molecule has 126 valence electrons. The van der Waals surface area contributed by atoms with Crippen molar-refractivity contribution in [3.63, 3.8) is 0 Å². The van der Waals surface area contributed by atoms with Gasteiger partial charge in [0.1, 0.15) is 0 Å². The molecule has 4 nitrogen and oxygen atoms in total. The van der Waals surface area contributed by atoms with E-state index in [2.05, 4.69) is 21.0 Å². The maximum atomic E-state index is 9.93. The van der Waals surface area contributed by atoms with E-state index >= 15 is 0 Å². The Balaban J connectivity index is 1.99. The molecular weight excluding hydrogens is 380 g/mol. The molecule has 0 bridgehead atoms. The molecule has 0 aliphatic rings. The van der Waals surface area contributed by atoms with Crippen LogP contribution in [0.3, 0.4) is 0 Å². The average molecular weight is 397 g/mol. The van der Waals surface area contributed by atoms with Gasteiger partial charge in [-0.2, -0.15) is 5.10 Å². The Morgan fingerprint density at radius 3 is 2.04 bits per heavy atom. The van der Waals surface area contributed by atoms with Crippen LogP contribution in [0.2, 0.25) is 0 Å². The molecule has 3 aromatic rings. The lowest BCUT2D eigenvalue weighted by Crippen LogP contribution is -2.09. The van der Waals surface area contributed by atoms with Gasteiger partial charge in [0.2, 0.25) is 0 Å². The van der Waals surface area contributed by atoms with Crippen LogP contribution in [0.5, 0.6) is 11.5 Å². The van der Waals surface area contributed by atoms with E-state index in [0.29, 0.717) is 10.2 Å². The van der Waals surface area contributed by atoms with E-state index in [0.717, 1.165) is 16.9 Å². The summed E-state index contributed by atoms with van der Waals surface area (Å²) < 4.78 is 5.74. The highest BCUT2D eigenvalue weighted by atomic mass is 79.9. The number of phenolic OH excluding ortho intramolecular Hbond substituents is 1. The molecule has 0 fully saturated rings. The Hall–Kier alpha value is -2.79. The first-order chi connectivity index (χ1) is 12.2. The zero-order valence-electron chi connectivity index (χ0n) is 13.6. The second kappa shape index (κ2) is 7.85. The minimum Gasteiger partial charge on any atom is -0.503 e. The van der Waals surface area contributed by atoms with Gasteiger partial charge < -0.3 is 9.84 Å². The van der Waals surface area contributed by atoms with Crippen LogP contribution in [-0.4, -0.2) is 18.4 Å². The van der Waals surface area contributed by atoms with Gasteiger partial charge >= 0.3 is 0 Å². The number of aromatic hydroxyl groups is 1. The topological polar surface area (TPSA) is 45.1 Å². The first-order valence-electron chi connectivity index (χ1n) is 7.70. The van der Waals surface area contributed by atoms with Crippen molar-refractivity contribution in [3.05, 3.63) is 82.8 Å². The Labute approximate surface area is 155 Å². The number of halogens is 1. The molecule has 0 radical (unpaired) electrons. The number of ether oxygens (including phenoxy) is 1. The van der Waals surface area contributed by atoms with E-state index in [1.54, 1.807) is 18.3 Å². The number of anilines is 2. The highest BCUT2D eigenvalue weighted by Gasteiger charge is 2.09. The molecule has 0 aliphatic heterocycles. The number of methoxy groups -OCH3 is 1.